The van der Waals surface area contributed by atoms with Gasteiger partial charge in [-0.05, 0) is 51.3 Å². The minimum atomic E-state index is -0.150. The molecule has 0 spiro atoms. The predicted molar refractivity (Wildman–Crippen MR) is 110 cm³/mol. The van der Waals surface area contributed by atoms with Crippen LogP contribution in [0.2, 0.25) is 0 Å². The molecule has 2 N–H and O–H groups in total. The van der Waals surface area contributed by atoms with Crippen molar-refractivity contribution in [3.8, 4) is 0 Å². The average molecular weight is 385 g/mol. The maximum absolute atomic E-state index is 13.0. The van der Waals surface area contributed by atoms with Gasteiger partial charge in [-0.2, -0.15) is 0 Å². The normalized spacial score (nSPS) is 21.3. The summed E-state index contributed by atoms with van der Waals surface area (Å²) >= 11 is 1.50. The van der Waals surface area contributed by atoms with Crippen molar-refractivity contribution in [1.82, 2.24) is 14.8 Å². The molecule has 3 heterocycles. The lowest BCUT2D eigenvalue weighted by atomic mass is 9.70. The van der Waals surface area contributed by atoms with Gasteiger partial charge in [-0.25, -0.2) is 4.98 Å². The van der Waals surface area contributed by atoms with E-state index >= 15 is 0 Å². The predicted octanol–water partition coefficient (Wildman–Crippen LogP) is 3.12. The van der Waals surface area contributed by atoms with Gasteiger partial charge in [0.05, 0.1) is 11.7 Å². The van der Waals surface area contributed by atoms with Crippen molar-refractivity contribution in [3.63, 3.8) is 0 Å². The SMILES string of the molecule is CC(C(=O)N1CCC(c2ccccc2)(c2csc(N)n2)CC1)N1CCCC1. The molecule has 0 radical (unpaired) electrons. The van der Waals surface area contributed by atoms with Crippen LogP contribution in [0, 0.1) is 0 Å². The summed E-state index contributed by atoms with van der Waals surface area (Å²) in [6.45, 7) is 5.69. The highest BCUT2D eigenvalue weighted by atomic mass is 32.1. The molecule has 0 bridgehead atoms. The second kappa shape index (κ2) is 7.60. The molecule has 144 valence electrons. The van der Waals surface area contributed by atoms with Gasteiger partial charge in [-0.15, -0.1) is 11.3 Å². The first-order valence-electron chi connectivity index (χ1n) is 9.90. The summed E-state index contributed by atoms with van der Waals surface area (Å²) in [4.78, 5) is 22.0. The fourth-order valence-electron chi connectivity index (χ4n) is 4.62. The fourth-order valence-corrected chi connectivity index (χ4v) is 5.28. The van der Waals surface area contributed by atoms with Gasteiger partial charge in [0.25, 0.3) is 0 Å². The molecule has 2 saturated heterocycles. The molecule has 2 aliphatic heterocycles. The van der Waals surface area contributed by atoms with Gasteiger partial charge in [-0.3, -0.25) is 9.69 Å². The number of hydrogen-bond acceptors (Lipinski definition) is 5. The number of rotatable bonds is 4. The van der Waals surface area contributed by atoms with E-state index in [4.69, 9.17) is 5.73 Å². The van der Waals surface area contributed by atoms with Crippen LogP contribution in [0.15, 0.2) is 35.7 Å². The zero-order valence-corrected chi connectivity index (χ0v) is 16.8. The third-order valence-electron chi connectivity index (χ3n) is 6.31. The van der Waals surface area contributed by atoms with E-state index in [0.717, 1.165) is 44.7 Å². The van der Waals surface area contributed by atoms with Gasteiger partial charge in [0, 0.05) is 23.9 Å². The summed E-state index contributed by atoms with van der Waals surface area (Å²) in [6, 6.07) is 10.6. The maximum Gasteiger partial charge on any atom is 0.239 e. The highest BCUT2D eigenvalue weighted by Crippen LogP contribution is 2.42. The summed E-state index contributed by atoms with van der Waals surface area (Å²) in [5, 5.41) is 2.70. The van der Waals surface area contributed by atoms with Gasteiger partial charge in [-0.1, -0.05) is 30.3 Å². The summed E-state index contributed by atoms with van der Waals surface area (Å²) < 4.78 is 0. The van der Waals surface area contributed by atoms with Crippen molar-refractivity contribution in [2.75, 3.05) is 31.9 Å². The Balaban J connectivity index is 1.54. The number of benzene rings is 1. The molecule has 2 aliphatic rings. The molecule has 0 aliphatic carbocycles. The van der Waals surface area contributed by atoms with Crippen LogP contribution in [0.3, 0.4) is 0 Å². The van der Waals surface area contributed by atoms with E-state index < -0.39 is 0 Å². The van der Waals surface area contributed by atoms with E-state index in [1.165, 1.54) is 29.7 Å². The molecule has 1 atom stereocenters. The van der Waals surface area contributed by atoms with Crippen molar-refractivity contribution < 1.29 is 4.79 Å². The highest BCUT2D eigenvalue weighted by molar-refractivity contribution is 7.13. The van der Waals surface area contributed by atoms with Crippen LogP contribution in [0.1, 0.15) is 43.9 Å². The number of amides is 1. The number of nitrogens with two attached hydrogens (primary N) is 1. The van der Waals surface area contributed by atoms with Crippen molar-refractivity contribution in [2.45, 2.75) is 44.1 Å². The Bertz CT molecular complexity index is 776. The number of hydrogen-bond donors (Lipinski definition) is 1. The quantitative estimate of drug-likeness (QED) is 0.880. The Morgan fingerprint density at radius 2 is 1.81 bits per heavy atom. The van der Waals surface area contributed by atoms with Crippen LogP contribution in [-0.2, 0) is 10.2 Å². The van der Waals surface area contributed by atoms with Crippen LogP contribution in [0.5, 0.6) is 0 Å². The molecular weight excluding hydrogens is 356 g/mol. The Morgan fingerprint density at radius 3 is 2.41 bits per heavy atom. The number of carbonyl (C=O) groups is 1. The topological polar surface area (TPSA) is 62.5 Å². The van der Waals surface area contributed by atoms with E-state index in [1.807, 2.05) is 6.07 Å². The lowest BCUT2D eigenvalue weighted by Gasteiger charge is -2.42. The third kappa shape index (κ3) is 3.48. The Morgan fingerprint density at radius 1 is 1.15 bits per heavy atom. The first kappa shape index (κ1) is 18.4. The first-order chi connectivity index (χ1) is 13.1. The number of thiazole rings is 1. The molecule has 1 unspecified atom stereocenters. The van der Waals surface area contributed by atoms with Gasteiger partial charge in [0.15, 0.2) is 5.13 Å². The molecule has 1 aromatic heterocycles. The van der Waals surface area contributed by atoms with E-state index in [2.05, 4.69) is 51.4 Å². The van der Waals surface area contributed by atoms with E-state index in [9.17, 15) is 4.79 Å². The van der Waals surface area contributed by atoms with Crippen molar-refractivity contribution in [3.05, 3.63) is 47.0 Å². The Labute approximate surface area is 165 Å². The summed E-state index contributed by atoms with van der Waals surface area (Å²) in [5.41, 5.74) is 8.12. The van der Waals surface area contributed by atoms with E-state index in [1.54, 1.807) is 0 Å². The van der Waals surface area contributed by atoms with Crippen LogP contribution < -0.4 is 5.73 Å². The minimum Gasteiger partial charge on any atom is -0.375 e. The number of carbonyl (C=O) groups excluding carboxylic acids is 1. The number of piperidine rings is 1. The lowest BCUT2D eigenvalue weighted by molar-refractivity contribution is -0.137. The summed E-state index contributed by atoms with van der Waals surface area (Å²) in [7, 11) is 0. The molecule has 2 aromatic rings. The molecule has 1 amide bonds. The molecule has 6 heteroatoms. The van der Waals surface area contributed by atoms with Crippen molar-refractivity contribution in [1.29, 1.82) is 0 Å². The first-order valence-corrected chi connectivity index (χ1v) is 10.8. The fraction of sp³-hybridized carbons (Fsp3) is 0.524. The Kier molecular flexibility index (Phi) is 5.19. The molecule has 4 rings (SSSR count). The monoisotopic (exact) mass is 384 g/mol. The van der Waals surface area contributed by atoms with Gasteiger partial charge in [0.1, 0.15) is 0 Å². The maximum atomic E-state index is 13.0. The zero-order chi connectivity index (χ0) is 18.9. The van der Waals surface area contributed by atoms with Gasteiger partial charge >= 0.3 is 0 Å². The van der Waals surface area contributed by atoms with Crippen LogP contribution in [0.4, 0.5) is 5.13 Å². The second-order valence-electron chi connectivity index (χ2n) is 7.76. The summed E-state index contributed by atoms with van der Waals surface area (Å²) in [5.74, 6) is 0.274. The molecule has 1 aromatic carbocycles. The molecule has 27 heavy (non-hydrogen) atoms. The molecule has 5 nitrogen and oxygen atoms in total. The Hall–Kier alpha value is -1.92. The van der Waals surface area contributed by atoms with Gasteiger partial charge in [0.2, 0.25) is 5.91 Å². The van der Waals surface area contributed by atoms with Crippen LogP contribution in [0.25, 0.3) is 0 Å². The number of anilines is 1. The molecular formula is C21H28N4OS. The average Bonchev–Trinajstić information content (AvgIpc) is 3.40. The third-order valence-corrected chi connectivity index (χ3v) is 6.99. The van der Waals surface area contributed by atoms with Crippen molar-refractivity contribution in [2.24, 2.45) is 0 Å². The standard InChI is InChI=1S/C21H28N4OS/c1-16(24-11-5-6-12-24)19(26)25-13-9-21(10-14-25,17-7-3-2-4-8-17)18-15-27-20(22)23-18/h2-4,7-8,15-16H,5-6,9-14H2,1H3,(H2,22,23). The largest absolute Gasteiger partial charge is 0.375 e. The zero-order valence-electron chi connectivity index (χ0n) is 15.9. The number of likely N-dealkylation sites (tertiary alicyclic amines) is 2. The smallest absolute Gasteiger partial charge is 0.239 e. The highest BCUT2D eigenvalue weighted by Gasteiger charge is 2.41. The molecule has 2 fully saturated rings. The number of nitrogens with zero attached hydrogens (tertiary/aromatic N) is 3. The van der Waals surface area contributed by atoms with E-state index in [-0.39, 0.29) is 17.4 Å². The van der Waals surface area contributed by atoms with Gasteiger partial charge < -0.3 is 10.6 Å². The van der Waals surface area contributed by atoms with Crippen molar-refractivity contribution >= 4 is 22.4 Å². The number of aromatic nitrogens is 1. The summed E-state index contributed by atoms with van der Waals surface area (Å²) in [6.07, 6.45) is 4.19. The minimum absolute atomic E-state index is 0.00774. The molecule has 0 saturated carbocycles. The van der Waals surface area contributed by atoms with Crippen LogP contribution >= 0.6 is 11.3 Å². The number of nitrogen functional groups attached to an aromatic ring is 1. The second-order valence-corrected chi connectivity index (χ2v) is 8.65. The van der Waals surface area contributed by atoms with E-state index in [0.29, 0.717) is 5.13 Å². The van der Waals surface area contributed by atoms with Crippen LogP contribution in [-0.4, -0.2) is 52.9 Å². The lowest BCUT2D eigenvalue weighted by Crippen LogP contribution is -2.51.